The minimum Gasteiger partial charge on any atom is -0.494 e. The van der Waals surface area contributed by atoms with Crippen LogP contribution in [-0.2, 0) is 0 Å². The third kappa shape index (κ3) is 3.21. The zero-order chi connectivity index (χ0) is 13.0. The smallest absolute Gasteiger partial charge is 0.165 e. The molecule has 18 heavy (non-hydrogen) atoms. The van der Waals surface area contributed by atoms with E-state index in [9.17, 15) is 4.39 Å². The van der Waals surface area contributed by atoms with Crippen molar-refractivity contribution < 1.29 is 9.13 Å². The molecule has 1 aromatic carbocycles. The number of ether oxygens (including phenoxy) is 1. The zero-order valence-electron chi connectivity index (χ0n) is 11.0. The maximum absolute atomic E-state index is 13.6. The number of hydrogen-bond acceptors (Lipinski definition) is 3. The zero-order valence-corrected chi connectivity index (χ0v) is 11.0. The van der Waals surface area contributed by atoms with Gasteiger partial charge in [0.25, 0.3) is 0 Å². The quantitative estimate of drug-likeness (QED) is 0.862. The van der Waals surface area contributed by atoms with Crippen LogP contribution in [0.4, 0.5) is 4.39 Å². The molecule has 0 saturated carbocycles. The fourth-order valence-corrected chi connectivity index (χ4v) is 2.39. The van der Waals surface area contributed by atoms with Crippen molar-refractivity contribution in [3.8, 4) is 5.75 Å². The lowest BCUT2D eigenvalue weighted by atomic mass is 10.0. The van der Waals surface area contributed by atoms with E-state index in [1.54, 1.807) is 12.1 Å². The normalized spacial score (nSPS) is 18.6. The van der Waals surface area contributed by atoms with E-state index in [2.05, 4.69) is 17.6 Å². The Hall–Kier alpha value is -1.13. The van der Waals surface area contributed by atoms with Gasteiger partial charge in [-0.15, -0.1) is 0 Å². The van der Waals surface area contributed by atoms with Crippen LogP contribution in [0.2, 0.25) is 0 Å². The van der Waals surface area contributed by atoms with Gasteiger partial charge in [-0.1, -0.05) is 6.07 Å². The summed E-state index contributed by atoms with van der Waals surface area (Å²) in [5, 5.41) is 6.89. The predicted molar refractivity (Wildman–Crippen MR) is 70.4 cm³/mol. The Morgan fingerprint density at radius 2 is 2.11 bits per heavy atom. The van der Waals surface area contributed by atoms with Gasteiger partial charge in [0.05, 0.1) is 7.11 Å². The van der Waals surface area contributed by atoms with E-state index in [0.29, 0.717) is 11.8 Å². The molecule has 1 aromatic rings. The highest BCUT2D eigenvalue weighted by Gasteiger charge is 2.16. The summed E-state index contributed by atoms with van der Waals surface area (Å²) in [6.07, 6.45) is 2.26. The van der Waals surface area contributed by atoms with Gasteiger partial charge in [0.15, 0.2) is 11.6 Å². The Labute approximate surface area is 108 Å². The molecule has 1 heterocycles. The monoisotopic (exact) mass is 252 g/mol. The summed E-state index contributed by atoms with van der Waals surface area (Å²) in [4.78, 5) is 0. The van der Waals surface area contributed by atoms with Gasteiger partial charge in [0, 0.05) is 12.1 Å². The van der Waals surface area contributed by atoms with Crippen LogP contribution >= 0.6 is 0 Å². The van der Waals surface area contributed by atoms with Crippen LogP contribution in [0.15, 0.2) is 18.2 Å². The molecule has 0 aromatic heterocycles. The first-order valence-electron chi connectivity index (χ1n) is 6.51. The lowest BCUT2D eigenvalue weighted by Crippen LogP contribution is -2.40. The van der Waals surface area contributed by atoms with Gasteiger partial charge in [0.1, 0.15) is 0 Å². The first-order valence-corrected chi connectivity index (χ1v) is 6.51. The Balaban J connectivity index is 1.99. The predicted octanol–water partition coefficient (Wildman–Crippen LogP) is 2.24. The molecule has 1 aliphatic heterocycles. The molecule has 1 saturated heterocycles. The molecule has 0 spiro atoms. The van der Waals surface area contributed by atoms with E-state index < -0.39 is 0 Å². The molecule has 4 heteroatoms. The molecule has 1 aliphatic rings. The second-order valence-electron chi connectivity index (χ2n) is 4.81. The average molecular weight is 252 g/mol. The maximum Gasteiger partial charge on any atom is 0.165 e. The second-order valence-corrected chi connectivity index (χ2v) is 4.81. The molecule has 100 valence electrons. The van der Waals surface area contributed by atoms with Crippen molar-refractivity contribution in [3.05, 3.63) is 29.6 Å². The molecular weight excluding hydrogens is 231 g/mol. The van der Waals surface area contributed by atoms with E-state index >= 15 is 0 Å². The highest BCUT2D eigenvalue weighted by Crippen LogP contribution is 2.22. The van der Waals surface area contributed by atoms with E-state index in [4.69, 9.17) is 4.74 Å². The number of nitrogens with one attached hydrogen (secondary N) is 2. The Morgan fingerprint density at radius 3 is 2.72 bits per heavy atom. The Morgan fingerprint density at radius 1 is 1.39 bits per heavy atom. The van der Waals surface area contributed by atoms with Crippen LogP contribution in [0.1, 0.15) is 31.4 Å². The fraction of sp³-hybridized carbons (Fsp3) is 0.571. The van der Waals surface area contributed by atoms with Crippen molar-refractivity contribution in [1.29, 1.82) is 0 Å². The topological polar surface area (TPSA) is 33.3 Å². The minimum absolute atomic E-state index is 0.161. The lowest BCUT2D eigenvalue weighted by Gasteiger charge is -2.27. The second kappa shape index (κ2) is 6.16. The first kappa shape index (κ1) is 13.3. The maximum atomic E-state index is 13.6. The number of rotatable bonds is 4. The van der Waals surface area contributed by atoms with Crippen LogP contribution in [0.25, 0.3) is 0 Å². The molecule has 1 unspecified atom stereocenters. The number of piperidine rings is 1. The van der Waals surface area contributed by atoms with Crippen LogP contribution < -0.4 is 15.4 Å². The third-order valence-electron chi connectivity index (χ3n) is 3.50. The van der Waals surface area contributed by atoms with Crippen molar-refractivity contribution in [2.24, 2.45) is 0 Å². The number of halogens is 1. The molecule has 2 rings (SSSR count). The third-order valence-corrected chi connectivity index (χ3v) is 3.50. The minimum atomic E-state index is -0.297. The first-order chi connectivity index (χ1) is 8.70. The Bertz CT molecular complexity index is 391. The number of hydrogen-bond donors (Lipinski definition) is 2. The van der Waals surface area contributed by atoms with Crippen molar-refractivity contribution in [2.45, 2.75) is 31.8 Å². The van der Waals surface area contributed by atoms with Gasteiger partial charge in [-0.25, -0.2) is 4.39 Å². The van der Waals surface area contributed by atoms with Gasteiger partial charge in [-0.05, 0) is 50.6 Å². The van der Waals surface area contributed by atoms with E-state index in [-0.39, 0.29) is 11.9 Å². The van der Waals surface area contributed by atoms with E-state index in [1.807, 2.05) is 6.07 Å². The van der Waals surface area contributed by atoms with Crippen LogP contribution in [0, 0.1) is 5.82 Å². The van der Waals surface area contributed by atoms with Crippen molar-refractivity contribution in [2.75, 3.05) is 20.2 Å². The molecule has 3 nitrogen and oxygen atoms in total. The van der Waals surface area contributed by atoms with Gasteiger partial charge >= 0.3 is 0 Å². The van der Waals surface area contributed by atoms with Crippen molar-refractivity contribution in [1.82, 2.24) is 10.6 Å². The molecule has 0 amide bonds. The van der Waals surface area contributed by atoms with Gasteiger partial charge in [0.2, 0.25) is 0 Å². The van der Waals surface area contributed by atoms with Crippen molar-refractivity contribution in [3.63, 3.8) is 0 Å². The van der Waals surface area contributed by atoms with Gasteiger partial charge < -0.3 is 15.4 Å². The van der Waals surface area contributed by atoms with E-state index in [0.717, 1.165) is 31.5 Å². The van der Waals surface area contributed by atoms with Gasteiger partial charge in [-0.2, -0.15) is 0 Å². The summed E-state index contributed by atoms with van der Waals surface area (Å²) >= 11 is 0. The standard InChI is InChI=1S/C14H21FN2O/c1-10(17-12-5-7-16-8-6-12)11-3-4-14(18-2)13(15)9-11/h3-4,9-10,12,16-17H,5-8H2,1-2H3. The van der Waals surface area contributed by atoms with Crippen molar-refractivity contribution >= 4 is 0 Å². The van der Waals surface area contributed by atoms with E-state index in [1.165, 1.54) is 7.11 Å². The highest BCUT2D eigenvalue weighted by atomic mass is 19.1. The molecule has 2 N–H and O–H groups in total. The summed E-state index contributed by atoms with van der Waals surface area (Å²) in [5.74, 6) is 0.00165. The largest absolute Gasteiger partial charge is 0.494 e. The summed E-state index contributed by atoms with van der Waals surface area (Å²) in [7, 11) is 1.48. The fourth-order valence-electron chi connectivity index (χ4n) is 2.39. The summed E-state index contributed by atoms with van der Waals surface area (Å²) in [5.41, 5.74) is 0.965. The molecule has 0 aliphatic carbocycles. The van der Waals surface area contributed by atoms with Crippen LogP contribution in [0.3, 0.4) is 0 Å². The Kier molecular flexibility index (Phi) is 4.55. The molecule has 0 bridgehead atoms. The molecule has 1 fully saturated rings. The molecule has 1 atom stereocenters. The van der Waals surface area contributed by atoms with Gasteiger partial charge in [-0.3, -0.25) is 0 Å². The molecule has 0 radical (unpaired) electrons. The van der Waals surface area contributed by atoms with Crippen LogP contribution in [-0.4, -0.2) is 26.2 Å². The number of methoxy groups -OCH3 is 1. The highest BCUT2D eigenvalue weighted by molar-refractivity contribution is 5.30. The molecular formula is C14H21FN2O. The lowest BCUT2D eigenvalue weighted by molar-refractivity contribution is 0.357. The summed E-state index contributed by atoms with van der Waals surface area (Å²) < 4.78 is 18.6. The SMILES string of the molecule is COc1ccc(C(C)NC2CCNCC2)cc1F. The number of benzene rings is 1. The van der Waals surface area contributed by atoms with Crippen LogP contribution in [0.5, 0.6) is 5.75 Å². The summed E-state index contributed by atoms with van der Waals surface area (Å²) in [6, 6.07) is 5.84. The summed E-state index contributed by atoms with van der Waals surface area (Å²) in [6.45, 7) is 4.19. The average Bonchev–Trinajstić information content (AvgIpc) is 2.39.